The average molecular weight is 322 g/mol. The molecule has 0 aliphatic heterocycles. The van der Waals surface area contributed by atoms with Crippen LogP contribution in [0.15, 0.2) is 48.5 Å². The van der Waals surface area contributed by atoms with Crippen molar-refractivity contribution in [2.24, 2.45) is 0 Å². The van der Waals surface area contributed by atoms with E-state index in [9.17, 15) is 18.0 Å². The second-order valence-corrected chi connectivity index (χ2v) is 5.32. The smallest absolute Gasteiger partial charge is 0.378 e. The summed E-state index contributed by atoms with van der Waals surface area (Å²) in [7, 11) is 3.84. The number of amides is 1. The zero-order chi connectivity index (χ0) is 17.0. The lowest BCUT2D eigenvalue weighted by Gasteiger charge is -2.13. The van der Waals surface area contributed by atoms with Gasteiger partial charge in [-0.05, 0) is 35.9 Å². The van der Waals surface area contributed by atoms with Gasteiger partial charge in [-0.15, -0.1) is 0 Å². The second kappa shape index (κ2) is 6.73. The first-order valence-corrected chi connectivity index (χ1v) is 6.99. The van der Waals surface area contributed by atoms with Gasteiger partial charge in [-0.2, -0.15) is 13.2 Å². The van der Waals surface area contributed by atoms with Gasteiger partial charge in [0.15, 0.2) is 0 Å². The van der Waals surface area contributed by atoms with E-state index < -0.39 is 17.6 Å². The Morgan fingerprint density at radius 3 is 2.30 bits per heavy atom. The highest BCUT2D eigenvalue weighted by Gasteiger charge is 2.30. The van der Waals surface area contributed by atoms with Crippen molar-refractivity contribution in [3.05, 3.63) is 65.2 Å². The summed E-state index contributed by atoms with van der Waals surface area (Å²) in [5, 5.41) is 2.62. The number of hydrogen-bond acceptors (Lipinski definition) is 2. The Kier molecular flexibility index (Phi) is 4.93. The molecule has 0 spiro atoms. The molecule has 2 aromatic carbocycles. The molecule has 0 bridgehead atoms. The van der Waals surface area contributed by atoms with Gasteiger partial charge in [-0.3, -0.25) is 4.79 Å². The molecule has 0 unspecified atom stereocenters. The number of hydrogen-bond donors (Lipinski definition) is 1. The predicted octanol–water partition coefficient (Wildman–Crippen LogP) is 3.70. The highest BCUT2D eigenvalue weighted by Crippen LogP contribution is 2.29. The SMILES string of the molecule is CN(C)c1ccc(CNC(=O)c2cccc(C(F)(F)F)c2)cc1. The summed E-state index contributed by atoms with van der Waals surface area (Å²) in [5.74, 6) is -0.534. The molecule has 3 nitrogen and oxygen atoms in total. The Hall–Kier alpha value is -2.50. The largest absolute Gasteiger partial charge is 0.416 e. The highest BCUT2D eigenvalue weighted by molar-refractivity contribution is 5.94. The summed E-state index contributed by atoms with van der Waals surface area (Å²) in [5.41, 5.74) is 1.05. The maximum atomic E-state index is 12.6. The first kappa shape index (κ1) is 16.9. The molecular formula is C17H17F3N2O. The van der Waals surface area contributed by atoms with Crippen LogP contribution in [0.25, 0.3) is 0 Å². The van der Waals surface area contributed by atoms with Crippen molar-refractivity contribution in [3.63, 3.8) is 0 Å². The number of nitrogens with zero attached hydrogens (tertiary/aromatic N) is 1. The Morgan fingerprint density at radius 1 is 1.09 bits per heavy atom. The van der Waals surface area contributed by atoms with Crippen LogP contribution in [0, 0.1) is 0 Å². The highest BCUT2D eigenvalue weighted by atomic mass is 19.4. The van der Waals surface area contributed by atoms with Crippen molar-refractivity contribution >= 4 is 11.6 Å². The molecule has 0 aromatic heterocycles. The number of carbonyl (C=O) groups excluding carboxylic acids is 1. The summed E-state index contributed by atoms with van der Waals surface area (Å²) in [6.45, 7) is 0.253. The van der Waals surface area contributed by atoms with E-state index in [2.05, 4.69) is 5.32 Å². The summed E-state index contributed by atoms with van der Waals surface area (Å²) in [6.07, 6.45) is -4.46. The lowest BCUT2D eigenvalue weighted by molar-refractivity contribution is -0.137. The van der Waals surface area contributed by atoms with Gasteiger partial charge in [0.05, 0.1) is 5.56 Å². The van der Waals surface area contributed by atoms with E-state index >= 15 is 0 Å². The summed E-state index contributed by atoms with van der Waals surface area (Å²) < 4.78 is 37.9. The maximum absolute atomic E-state index is 12.6. The molecule has 0 saturated carbocycles. The van der Waals surface area contributed by atoms with Crippen LogP contribution in [0.3, 0.4) is 0 Å². The fraction of sp³-hybridized carbons (Fsp3) is 0.235. The van der Waals surface area contributed by atoms with E-state index in [1.807, 2.05) is 43.3 Å². The van der Waals surface area contributed by atoms with Crippen molar-refractivity contribution in [2.75, 3.05) is 19.0 Å². The molecule has 2 rings (SSSR count). The van der Waals surface area contributed by atoms with Gasteiger partial charge in [0.1, 0.15) is 0 Å². The third-order valence-corrected chi connectivity index (χ3v) is 3.36. The van der Waals surface area contributed by atoms with Crippen LogP contribution in [0.5, 0.6) is 0 Å². The third-order valence-electron chi connectivity index (χ3n) is 3.36. The standard InChI is InChI=1S/C17H17F3N2O/c1-22(2)15-8-6-12(7-9-15)11-21-16(23)13-4-3-5-14(10-13)17(18,19)20/h3-10H,11H2,1-2H3,(H,21,23). The van der Waals surface area contributed by atoms with Crippen molar-refractivity contribution in [2.45, 2.75) is 12.7 Å². The molecule has 1 N–H and O–H groups in total. The third kappa shape index (κ3) is 4.48. The van der Waals surface area contributed by atoms with Crippen LogP contribution >= 0.6 is 0 Å². The summed E-state index contributed by atoms with van der Waals surface area (Å²) in [6, 6.07) is 11.9. The van der Waals surface area contributed by atoms with Gasteiger partial charge >= 0.3 is 6.18 Å². The summed E-state index contributed by atoms with van der Waals surface area (Å²) in [4.78, 5) is 13.9. The van der Waals surface area contributed by atoms with Crippen LogP contribution < -0.4 is 10.2 Å². The van der Waals surface area contributed by atoms with Crippen molar-refractivity contribution in [1.29, 1.82) is 0 Å². The lowest BCUT2D eigenvalue weighted by Crippen LogP contribution is -2.23. The molecule has 0 fully saturated rings. The van der Waals surface area contributed by atoms with E-state index in [0.717, 1.165) is 23.4 Å². The number of alkyl halides is 3. The van der Waals surface area contributed by atoms with Gasteiger partial charge in [0.25, 0.3) is 5.91 Å². The molecule has 0 radical (unpaired) electrons. The monoisotopic (exact) mass is 322 g/mol. The van der Waals surface area contributed by atoms with E-state index in [1.165, 1.54) is 12.1 Å². The van der Waals surface area contributed by atoms with Gasteiger partial charge in [-0.25, -0.2) is 0 Å². The Labute approximate surface area is 132 Å². The number of benzene rings is 2. The molecule has 23 heavy (non-hydrogen) atoms. The van der Waals surface area contributed by atoms with Gasteiger partial charge in [-0.1, -0.05) is 18.2 Å². The fourth-order valence-electron chi connectivity index (χ4n) is 2.03. The second-order valence-electron chi connectivity index (χ2n) is 5.32. The summed E-state index contributed by atoms with van der Waals surface area (Å²) >= 11 is 0. The quantitative estimate of drug-likeness (QED) is 0.931. The van der Waals surface area contributed by atoms with Crippen LogP contribution in [0.2, 0.25) is 0 Å². The van der Waals surface area contributed by atoms with E-state index in [1.54, 1.807) is 0 Å². The van der Waals surface area contributed by atoms with Crippen molar-refractivity contribution in [1.82, 2.24) is 5.32 Å². The Bertz CT molecular complexity index is 679. The molecule has 0 heterocycles. The number of halogens is 3. The van der Waals surface area contributed by atoms with Crippen molar-refractivity contribution < 1.29 is 18.0 Å². The minimum Gasteiger partial charge on any atom is -0.378 e. The first-order chi connectivity index (χ1) is 10.8. The number of nitrogens with one attached hydrogen (secondary N) is 1. The number of carbonyl (C=O) groups is 1. The molecule has 0 aliphatic carbocycles. The first-order valence-electron chi connectivity index (χ1n) is 6.99. The maximum Gasteiger partial charge on any atom is 0.416 e. The zero-order valence-electron chi connectivity index (χ0n) is 12.8. The van der Waals surface area contributed by atoms with Gasteiger partial charge in [0, 0.05) is 31.9 Å². The molecule has 0 aliphatic rings. The van der Waals surface area contributed by atoms with Crippen LogP contribution in [-0.2, 0) is 12.7 Å². The minimum atomic E-state index is -4.46. The Balaban J connectivity index is 2.02. The number of rotatable bonds is 4. The molecule has 0 atom stereocenters. The lowest BCUT2D eigenvalue weighted by atomic mass is 10.1. The van der Waals surface area contributed by atoms with E-state index in [0.29, 0.717) is 0 Å². The average Bonchev–Trinajstić information content (AvgIpc) is 2.52. The van der Waals surface area contributed by atoms with E-state index in [-0.39, 0.29) is 12.1 Å². The molecule has 0 saturated heterocycles. The molecular weight excluding hydrogens is 305 g/mol. The fourth-order valence-corrected chi connectivity index (χ4v) is 2.03. The van der Waals surface area contributed by atoms with Gasteiger partial charge in [0.2, 0.25) is 0 Å². The number of anilines is 1. The molecule has 1 amide bonds. The minimum absolute atomic E-state index is 0.00950. The molecule has 2 aromatic rings. The predicted molar refractivity (Wildman–Crippen MR) is 83.4 cm³/mol. The normalized spacial score (nSPS) is 11.2. The van der Waals surface area contributed by atoms with Crippen LogP contribution in [-0.4, -0.2) is 20.0 Å². The molecule has 122 valence electrons. The topological polar surface area (TPSA) is 32.3 Å². The van der Waals surface area contributed by atoms with Gasteiger partial charge < -0.3 is 10.2 Å². The Morgan fingerprint density at radius 2 is 1.74 bits per heavy atom. The van der Waals surface area contributed by atoms with Crippen molar-refractivity contribution in [3.8, 4) is 0 Å². The van der Waals surface area contributed by atoms with Crippen LogP contribution in [0.4, 0.5) is 18.9 Å². The zero-order valence-corrected chi connectivity index (χ0v) is 12.8. The van der Waals surface area contributed by atoms with Crippen LogP contribution in [0.1, 0.15) is 21.5 Å². The van der Waals surface area contributed by atoms with E-state index in [4.69, 9.17) is 0 Å². The molecule has 6 heteroatoms.